The summed E-state index contributed by atoms with van der Waals surface area (Å²) in [6, 6.07) is 10.6. The van der Waals surface area contributed by atoms with Crippen LogP contribution in [-0.2, 0) is 4.79 Å². The van der Waals surface area contributed by atoms with Crippen LogP contribution in [0.5, 0.6) is 0 Å². The third-order valence-electron chi connectivity index (χ3n) is 5.37. The molecule has 2 heteroatoms. The lowest BCUT2D eigenvalue weighted by atomic mass is 9.65. The topological polar surface area (TPSA) is 37.3 Å². The van der Waals surface area contributed by atoms with Crippen LogP contribution in [-0.4, -0.2) is 11.1 Å². The lowest BCUT2D eigenvalue weighted by Gasteiger charge is -2.39. The fourth-order valence-corrected chi connectivity index (χ4v) is 4.17. The van der Waals surface area contributed by atoms with Crippen LogP contribution in [0.3, 0.4) is 0 Å². The number of hydrogen-bond donors (Lipinski definition) is 1. The molecular weight excluding hydrogens is 248 g/mol. The molecule has 0 heterocycles. The molecular formula is C18H24O2. The summed E-state index contributed by atoms with van der Waals surface area (Å²) in [4.78, 5) is 11.6. The Morgan fingerprint density at radius 1 is 1.20 bits per heavy atom. The predicted molar refractivity (Wildman–Crippen MR) is 79.5 cm³/mol. The van der Waals surface area contributed by atoms with E-state index in [-0.39, 0.29) is 5.92 Å². The van der Waals surface area contributed by atoms with Crippen LogP contribution >= 0.6 is 0 Å². The number of hydrogen-bond acceptors (Lipinski definition) is 1. The Kier molecular flexibility index (Phi) is 3.35. The Hall–Kier alpha value is -1.31. The normalized spacial score (nSPS) is 35.5. The van der Waals surface area contributed by atoms with Gasteiger partial charge in [-0.1, -0.05) is 44.2 Å². The zero-order valence-electron chi connectivity index (χ0n) is 12.4. The third-order valence-corrected chi connectivity index (χ3v) is 5.37. The Morgan fingerprint density at radius 2 is 1.90 bits per heavy atom. The second kappa shape index (κ2) is 4.91. The van der Waals surface area contributed by atoms with E-state index in [0.29, 0.717) is 23.2 Å². The lowest BCUT2D eigenvalue weighted by Crippen LogP contribution is -2.35. The molecule has 4 unspecified atom stereocenters. The predicted octanol–water partition coefficient (Wildman–Crippen LogP) is 4.32. The van der Waals surface area contributed by atoms with Crippen molar-refractivity contribution >= 4 is 5.97 Å². The number of aliphatic carboxylic acids is 1. The van der Waals surface area contributed by atoms with Gasteiger partial charge in [0.2, 0.25) is 0 Å². The molecule has 0 saturated heterocycles. The van der Waals surface area contributed by atoms with Crippen molar-refractivity contribution in [2.45, 2.75) is 45.4 Å². The first-order valence-electron chi connectivity index (χ1n) is 7.76. The van der Waals surface area contributed by atoms with Gasteiger partial charge in [-0.05, 0) is 54.4 Å². The van der Waals surface area contributed by atoms with Gasteiger partial charge in [0.1, 0.15) is 0 Å². The smallest absolute Gasteiger partial charge is 0.306 e. The average Bonchev–Trinajstić information content (AvgIpc) is 3.18. The molecule has 0 bridgehead atoms. The van der Waals surface area contributed by atoms with E-state index in [1.54, 1.807) is 0 Å². The maximum Gasteiger partial charge on any atom is 0.306 e. The Morgan fingerprint density at radius 3 is 2.55 bits per heavy atom. The summed E-state index contributed by atoms with van der Waals surface area (Å²) in [5.74, 6) is 0.836. The zero-order chi connectivity index (χ0) is 14.3. The van der Waals surface area contributed by atoms with E-state index in [1.165, 1.54) is 12.0 Å². The summed E-state index contributed by atoms with van der Waals surface area (Å²) < 4.78 is 0. The number of carboxylic acid groups (broad SMARTS) is 1. The second-order valence-electron chi connectivity index (χ2n) is 7.43. The van der Waals surface area contributed by atoms with Crippen LogP contribution in [0.2, 0.25) is 0 Å². The molecule has 2 nitrogen and oxygen atoms in total. The van der Waals surface area contributed by atoms with E-state index < -0.39 is 5.97 Å². The highest BCUT2D eigenvalue weighted by Crippen LogP contribution is 2.59. The number of carboxylic acids is 1. The minimum absolute atomic E-state index is 0.123. The molecule has 4 atom stereocenters. The molecule has 0 radical (unpaired) electrons. The molecule has 2 aliphatic rings. The van der Waals surface area contributed by atoms with Crippen molar-refractivity contribution < 1.29 is 9.90 Å². The molecule has 1 N–H and O–H groups in total. The molecule has 0 aliphatic heterocycles. The van der Waals surface area contributed by atoms with Gasteiger partial charge in [0.15, 0.2) is 0 Å². The van der Waals surface area contributed by atoms with E-state index in [4.69, 9.17) is 0 Å². The van der Waals surface area contributed by atoms with Crippen molar-refractivity contribution in [2.24, 2.45) is 23.2 Å². The molecule has 2 saturated carbocycles. The zero-order valence-corrected chi connectivity index (χ0v) is 12.4. The Balaban J connectivity index is 1.76. The van der Waals surface area contributed by atoms with Gasteiger partial charge < -0.3 is 5.11 Å². The van der Waals surface area contributed by atoms with Gasteiger partial charge in [-0.2, -0.15) is 0 Å². The average molecular weight is 272 g/mol. The molecule has 2 aliphatic carbocycles. The summed E-state index contributed by atoms with van der Waals surface area (Å²) in [5.41, 5.74) is 1.70. The summed E-state index contributed by atoms with van der Waals surface area (Å²) in [5, 5.41) is 9.51. The van der Waals surface area contributed by atoms with E-state index in [2.05, 4.69) is 38.1 Å². The van der Waals surface area contributed by atoms with Crippen molar-refractivity contribution in [3.8, 4) is 0 Å². The van der Waals surface area contributed by atoms with Crippen molar-refractivity contribution in [2.75, 3.05) is 0 Å². The molecule has 1 aromatic carbocycles. The van der Waals surface area contributed by atoms with Crippen LogP contribution in [0.4, 0.5) is 0 Å². The standard InChI is InChI=1S/C18H24O2/c1-18(2)9-8-13(17(19)20)16(11-18)15-10-14(15)12-6-4-3-5-7-12/h3-7,13-16H,8-11H2,1-2H3,(H,19,20). The van der Waals surface area contributed by atoms with Crippen molar-refractivity contribution in [1.29, 1.82) is 0 Å². The van der Waals surface area contributed by atoms with Crippen LogP contribution in [0.15, 0.2) is 30.3 Å². The maximum atomic E-state index is 11.6. The van der Waals surface area contributed by atoms with Crippen LogP contribution in [0, 0.1) is 23.2 Å². The van der Waals surface area contributed by atoms with Gasteiger partial charge in [0.25, 0.3) is 0 Å². The number of benzene rings is 1. The molecule has 108 valence electrons. The van der Waals surface area contributed by atoms with Gasteiger partial charge in [-0.3, -0.25) is 4.79 Å². The fourth-order valence-electron chi connectivity index (χ4n) is 4.17. The van der Waals surface area contributed by atoms with E-state index in [1.807, 2.05) is 6.07 Å². The van der Waals surface area contributed by atoms with Crippen molar-refractivity contribution in [1.82, 2.24) is 0 Å². The SMILES string of the molecule is CC1(C)CCC(C(=O)O)C(C2CC2c2ccccc2)C1. The van der Waals surface area contributed by atoms with Gasteiger partial charge in [0.05, 0.1) is 5.92 Å². The minimum Gasteiger partial charge on any atom is -0.481 e. The van der Waals surface area contributed by atoms with Crippen LogP contribution < -0.4 is 0 Å². The molecule has 2 fully saturated rings. The van der Waals surface area contributed by atoms with Gasteiger partial charge in [0, 0.05) is 0 Å². The largest absolute Gasteiger partial charge is 0.481 e. The lowest BCUT2D eigenvalue weighted by molar-refractivity contribution is -0.146. The van der Waals surface area contributed by atoms with Gasteiger partial charge >= 0.3 is 5.97 Å². The molecule has 0 aromatic heterocycles. The first-order valence-corrected chi connectivity index (χ1v) is 7.76. The molecule has 20 heavy (non-hydrogen) atoms. The number of carbonyl (C=O) groups is 1. The van der Waals surface area contributed by atoms with E-state index >= 15 is 0 Å². The third kappa shape index (κ3) is 2.61. The van der Waals surface area contributed by atoms with Crippen LogP contribution in [0.25, 0.3) is 0 Å². The Labute approximate surface area is 121 Å². The molecule has 0 spiro atoms. The number of rotatable bonds is 3. The van der Waals surface area contributed by atoms with Crippen molar-refractivity contribution in [3.63, 3.8) is 0 Å². The van der Waals surface area contributed by atoms with Gasteiger partial charge in [-0.25, -0.2) is 0 Å². The first-order chi connectivity index (χ1) is 9.48. The fraction of sp³-hybridized carbons (Fsp3) is 0.611. The first kappa shape index (κ1) is 13.7. The highest BCUT2D eigenvalue weighted by Gasteiger charge is 2.51. The van der Waals surface area contributed by atoms with E-state index in [0.717, 1.165) is 19.3 Å². The summed E-state index contributed by atoms with van der Waals surface area (Å²) in [6.45, 7) is 4.58. The monoisotopic (exact) mass is 272 g/mol. The molecule has 0 amide bonds. The molecule has 1 aromatic rings. The quantitative estimate of drug-likeness (QED) is 0.890. The highest BCUT2D eigenvalue weighted by atomic mass is 16.4. The van der Waals surface area contributed by atoms with Gasteiger partial charge in [-0.15, -0.1) is 0 Å². The molecule has 3 rings (SSSR count). The van der Waals surface area contributed by atoms with Crippen molar-refractivity contribution in [3.05, 3.63) is 35.9 Å². The highest BCUT2D eigenvalue weighted by molar-refractivity contribution is 5.70. The summed E-state index contributed by atoms with van der Waals surface area (Å²) >= 11 is 0. The summed E-state index contributed by atoms with van der Waals surface area (Å²) in [6.07, 6.45) is 4.14. The van der Waals surface area contributed by atoms with Crippen LogP contribution in [0.1, 0.15) is 51.0 Å². The minimum atomic E-state index is -0.579. The van der Waals surface area contributed by atoms with E-state index in [9.17, 15) is 9.90 Å². The summed E-state index contributed by atoms with van der Waals surface area (Å²) in [7, 11) is 0. The second-order valence-corrected chi connectivity index (χ2v) is 7.43. The maximum absolute atomic E-state index is 11.6. The Bertz CT molecular complexity index is 491.